The van der Waals surface area contributed by atoms with Gasteiger partial charge < -0.3 is 9.84 Å². The van der Waals surface area contributed by atoms with Crippen LogP contribution in [-0.4, -0.2) is 14.9 Å². The van der Waals surface area contributed by atoms with Crippen molar-refractivity contribution in [2.75, 3.05) is 0 Å². The molecule has 0 saturated heterocycles. The number of rotatable bonds is 5. The van der Waals surface area contributed by atoms with Crippen LogP contribution >= 0.6 is 15.9 Å². The number of ether oxygens (including phenoxy) is 1. The van der Waals surface area contributed by atoms with Gasteiger partial charge in [0.25, 0.3) is 0 Å². The Morgan fingerprint density at radius 2 is 2.19 bits per heavy atom. The molecule has 6 heteroatoms. The maximum atomic E-state index is 13.8. The Balaban J connectivity index is 2.13. The molecule has 0 aliphatic heterocycles. The van der Waals surface area contributed by atoms with Crippen molar-refractivity contribution in [3.8, 4) is 5.75 Å². The van der Waals surface area contributed by atoms with Crippen molar-refractivity contribution in [3.05, 3.63) is 45.4 Å². The molecule has 21 heavy (non-hydrogen) atoms. The predicted octanol–water partition coefficient (Wildman–Crippen LogP) is 3.52. The fraction of sp³-hybridized carbons (Fsp3) is 0.400. The zero-order valence-electron chi connectivity index (χ0n) is 12.2. The van der Waals surface area contributed by atoms with E-state index in [1.807, 2.05) is 14.0 Å². The normalized spacial score (nSPS) is 12.5. The number of aromatic nitrogens is 2. The monoisotopic (exact) mass is 356 g/mol. The van der Waals surface area contributed by atoms with E-state index in [0.29, 0.717) is 5.75 Å². The van der Waals surface area contributed by atoms with E-state index in [1.54, 1.807) is 10.7 Å². The molecule has 1 aromatic carbocycles. The van der Waals surface area contributed by atoms with E-state index in [0.717, 1.165) is 22.3 Å². The fourth-order valence-electron chi connectivity index (χ4n) is 2.06. The second-order valence-corrected chi connectivity index (χ2v) is 5.63. The van der Waals surface area contributed by atoms with Crippen molar-refractivity contribution in [3.63, 3.8) is 0 Å². The molecule has 0 spiro atoms. The smallest absolute Gasteiger partial charge is 0.132 e. The first-order chi connectivity index (χ1) is 9.93. The topological polar surface area (TPSA) is 47.3 Å². The molecule has 2 aromatic rings. The highest BCUT2D eigenvalue weighted by molar-refractivity contribution is 9.10. The summed E-state index contributed by atoms with van der Waals surface area (Å²) in [6, 6.07) is 4.47. The second-order valence-electron chi connectivity index (χ2n) is 4.83. The van der Waals surface area contributed by atoms with Gasteiger partial charge in [-0.1, -0.05) is 6.92 Å². The van der Waals surface area contributed by atoms with E-state index >= 15 is 0 Å². The minimum Gasteiger partial charge on any atom is -0.487 e. The van der Waals surface area contributed by atoms with Gasteiger partial charge in [-0.25, -0.2) is 4.39 Å². The van der Waals surface area contributed by atoms with Crippen LogP contribution in [0, 0.1) is 5.82 Å². The van der Waals surface area contributed by atoms with Gasteiger partial charge in [0.1, 0.15) is 18.2 Å². The molecular formula is C15H18BrFN2O2. The lowest BCUT2D eigenvalue weighted by Gasteiger charge is -2.10. The Bertz CT molecular complexity index is 641. The van der Waals surface area contributed by atoms with Crippen molar-refractivity contribution < 1.29 is 14.2 Å². The number of benzene rings is 1. The summed E-state index contributed by atoms with van der Waals surface area (Å²) in [5.41, 5.74) is 2.12. The summed E-state index contributed by atoms with van der Waals surface area (Å²) in [4.78, 5) is 0. The van der Waals surface area contributed by atoms with E-state index in [2.05, 4.69) is 21.0 Å². The van der Waals surface area contributed by atoms with Crippen molar-refractivity contribution >= 4 is 15.9 Å². The van der Waals surface area contributed by atoms with Gasteiger partial charge in [0.05, 0.1) is 22.0 Å². The van der Waals surface area contributed by atoms with Crippen molar-refractivity contribution in [2.45, 2.75) is 33.0 Å². The van der Waals surface area contributed by atoms with Gasteiger partial charge in [0, 0.05) is 18.7 Å². The number of hydrogen-bond acceptors (Lipinski definition) is 3. The SMILES string of the molecule is CCc1nn(C)c(COc2ccc([C@@H](C)O)c(F)c2)c1Br. The zero-order chi connectivity index (χ0) is 15.6. The molecular weight excluding hydrogens is 339 g/mol. The van der Waals surface area contributed by atoms with Crippen molar-refractivity contribution in [1.29, 1.82) is 0 Å². The number of nitrogens with zero attached hydrogens (tertiary/aromatic N) is 2. The molecule has 1 aromatic heterocycles. The molecule has 1 atom stereocenters. The van der Waals surface area contributed by atoms with E-state index in [4.69, 9.17) is 4.74 Å². The third kappa shape index (κ3) is 3.44. The Morgan fingerprint density at radius 3 is 2.71 bits per heavy atom. The van der Waals surface area contributed by atoms with E-state index in [-0.39, 0.29) is 12.2 Å². The molecule has 0 fully saturated rings. The summed E-state index contributed by atoms with van der Waals surface area (Å²) >= 11 is 3.51. The van der Waals surface area contributed by atoms with Gasteiger partial charge in [0.15, 0.2) is 0 Å². The van der Waals surface area contributed by atoms with Crippen LogP contribution in [0.3, 0.4) is 0 Å². The van der Waals surface area contributed by atoms with Crippen molar-refractivity contribution in [2.24, 2.45) is 7.05 Å². The summed E-state index contributed by atoms with van der Waals surface area (Å²) in [6.45, 7) is 3.84. The number of aryl methyl sites for hydroxylation is 2. The molecule has 1 N–H and O–H groups in total. The molecule has 114 valence electrons. The molecule has 0 amide bonds. The summed E-state index contributed by atoms with van der Waals surface area (Å²) in [6.07, 6.45) is -0.0102. The summed E-state index contributed by atoms with van der Waals surface area (Å²) < 4.78 is 22.1. The lowest BCUT2D eigenvalue weighted by molar-refractivity contribution is 0.193. The Hall–Kier alpha value is -1.40. The first-order valence-electron chi connectivity index (χ1n) is 6.74. The third-order valence-electron chi connectivity index (χ3n) is 3.30. The molecule has 0 bridgehead atoms. The van der Waals surface area contributed by atoms with Crippen LogP contribution in [0.1, 0.15) is 36.9 Å². The van der Waals surface area contributed by atoms with Gasteiger partial charge in [-0.15, -0.1) is 0 Å². The second kappa shape index (κ2) is 6.58. The maximum Gasteiger partial charge on any atom is 0.132 e. The van der Waals surface area contributed by atoms with Crippen LogP contribution in [0.5, 0.6) is 5.75 Å². The number of aliphatic hydroxyl groups is 1. The number of aliphatic hydroxyl groups excluding tert-OH is 1. The van der Waals surface area contributed by atoms with Gasteiger partial charge >= 0.3 is 0 Å². The van der Waals surface area contributed by atoms with Crippen LogP contribution < -0.4 is 4.74 Å². The number of halogens is 2. The molecule has 0 unspecified atom stereocenters. The van der Waals surface area contributed by atoms with Crippen LogP contribution in [0.15, 0.2) is 22.7 Å². The predicted molar refractivity (Wildman–Crippen MR) is 81.7 cm³/mol. The molecule has 2 rings (SSSR count). The lowest BCUT2D eigenvalue weighted by atomic mass is 10.1. The molecule has 0 radical (unpaired) electrons. The van der Waals surface area contributed by atoms with Gasteiger partial charge in [-0.05, 0) is 41.4 Å². The highest BCUT2D eigenvalue weighted by Gasteiger charge is 2.14. The number of hydrogen-bond donors (Lipinski definition) is 1. The average Bonchev–Trinajstić information content (AvgIpc) is 2.71. The first kappa shape index (κ1) is 16.0. The van der Waals surface area contributed by atoms with E-state index in [1.165, 1.54) is 19.1 Å². The summed E-state index contributed by atoms with van der Waals surface area (Å²) in [5, 5.41) is 13.8. The minimum atomic E-state index is -0.836. The van der Waals surface area contributed by atoms with Gasteiger partial charge in [-0.3, -0.25) is 4.68 Å². The Morgan fingerprint density at radius 1 is 1.48 bits per heavy atom. The van der Waals surface area contributed by atoms with Crippen LogP contribution in [0.4, 0.5) is 4.39 Å². The Labute approximate surface area is 131 Å². The van der Waals surface area contributed by atoms with Gasteiger partial charge in [-0.2, -0.15) is 5.10 Å². The zero-order valence-corrected chi connectivity index (χ0v) is 13.8. The lowest BCUT2D eigenvalue weighted by Crippen LogP contribution is -2.04. The maximum absolute atomic E-state index is 13.8. The first-order valence-corrected chi connectivity index (χ1v) is 7.53. The largest absolute Gasteiger partial charge is 0.487 e. The standard InChI is InChI=1S/C15H18BrFN2O2/c1-4-13-15(16)14(19(3)18-13)8-21-10-5-6-11(9(2)20)12(17)7-10/h5-7,9,20H,4,8H2,1-3H3/t9-/m1/s1. The highest BCUT2D eigenvalue weighted by Crippen LogP contribution is 2.25. The van der Waals surface area contributed by atoms with Crippen LogP contribution in [0.25, 0.3) is 0 Å². The van der Waals surface area contributed by atoms with Crippen LogP contribution in [-0.2, 0) is 20.1 Å². The van der Waals surface area contributed by atoms with Crippen LogP contribution in [0.2, 0.25) is 0 Å². The minimum absolute atomic E-state index is 0.261. The molecule has 1 heterocycles. The average molecular weight is 357 g/mol. The van der Waals surface area contributed by atoms with E-state index < -0.39 is 11.9 Å². The molecule has 4 nitrogen and oxygen atoms in total. The van der Waals surface area contributed by atoms with Gasteiger partial charge in [0.2, 0.25) is 0 Å². The molecule has 0 aliphatic rings. The molecule has 0 aliphatic carbocycles. The highest BCUT2D eigenvalue weighted by atomic mass is 79.9. The quantitative estimate of drug-likeness (QED) is 0.891. The summed E-state index contributed by atoms with van der Waals surface area (Å²) in [7, 11) is 1.85. The molecule has 0 saturated carbocycles. The van der Waals surface area contributed by atoms with E-state index in [9.17, 15) is 9.50 Å². The summed E-state index contributed by atoms with van der Waals surface area (Å²) in [5.74, 6) is -0.0520. The fourth-order valence-corrected chi connectivity index (χ4v) is 2.80. The van der Waals surface area contributed by atoms with Crippen molar-refractivity contribution in [1.82, 2.24) is 9.78 Å². The Kier molecular flexibility index (Phi) is 5.00. The third-order valence-corrected chi connectivity index (χ3v) is 4.22.